The van der Waals surface area contributed by atoms with Crippen molar-refractivity contribution in [2.75, 3.05) is 26.1 Å². The quantitative estimate of drug-likeness (QED) is 0.757. The van der Waals surface area contributed by atoms with Gasteiger partial charge in [0.1, 0.15) is 4.83 Å². The van der Waals surface area contributed by atoms with Crippen LogP contribution in [0.15, 0.2) is 5.38 Å². The Kier molecular flexibility index (Phi) is 2.62. The first-order chi connectivity index (χ1) is 7.13. The van der Waals surface area contributed by atoms with Crippen LogP contribution in [0.1, 0.15) is 10.4 Å². The fourth-order valence-corrected chi connectivity index (χ4v) is 3.24. The number of carbonyl (C=O) groups excluding carboxylic acids is 1. The van der Waals surface area contributed by atoms with Crippen LogP contribution < -0.4 is 4.90 Å². The Morgan fingerprint density at radius 1 is 1.53 bits per heavy atom. The number of ether oxygens (including phenoxy) is 1. The minimum absolute atomic E-state index is 0.296. The maximum atomic E-state index is 11.4. The maximum absolute atomic E-state index is 11.4. The lowest BCUT2D eigenvalue weighted by molar-refractivity contribution is 0.0603. The van der Waals surface area contributed by atoms with Gasteiger partial charge in [0.15, 0.2) is 5.13 Å². The van der Waals surface area contributed by atoms with E-state index < -0.39 is 0 Å². The number of esters is 1. The number of rotatable bonds is 2. The molecule has 2 aromatic heterocycles. The first-order valence-electron chi connectivity index (χ1n) is 4.27. The predicted octanol–water partition coefficient (Wildman–Crippen LogP) is 2.21. The van der Waals surface area contributed by atoms with Crippen molar-refractivity contribution in [2.45, 2.75) is 0 Å². The number of nitrogens with zero attached hydrogens (tertiary/aromatic N) is 2. The molecule has 0 fully saturated rings. The molecule has 80 valence electrons. The van der Waals surface area contributed by atoms with E-state index in [9.17, 15) is 4.79 Å². The highest BCUT2D eigenvalue weighted by Gasteiger charge is 2.17. The molecule has 0 bridgehead atoms. The molecule has 0 amide bonds. The van der Waals surface area contributed by atoms with Crippen molar-refractivity contribution in [3.05, 3.63) is 10.9 Å². The third-order valence-electron chi connectivity index (χ3n) is 1.91. The van der Waals surface area contributed by atoms with Crippen molar-refractivity contribution >= 4 is 43.3 Å². The van der Waals surface area contributed by atoms with Crippen molar-refractivity contribution in [1.29, 1.82) is 0 Å². The number of thiophene rings is 1. The third kappa shape index (κ3) is 1.70. The van der Waals surface area contributed by atoms with Crippen LogP contribution in [0.4, 0.5) is 5.13 Å². The molecule has 0 aromatic carbocycles. The second-order valence-corrected chi connectivity index (χ2v) is 5.00. The lowest BCUT2D eigenvalue weighted by Gasteiger charge is -2.04. The van der Waals surface area contributed by atoms with Gasteiger partial charge in [-0.1, -0.05) is 11.3 Å². The van der Waals surface area contributed by atoms with Crippen LogP contribution in [-0.4, -0.2) is 32.2 Å². The molecule has 0 saturated carbocycles. The summed E-state index contributed by atoms with van der Waals surface area (Å²) >= 11 is 2.97. The second-order valence-electron chi connectivity index (χ2n) is 3.17. The summed E-state index contributed by atoms with van der Waals surface area (Å²) in [5, 5.41) is 2.70. The zero-order valence-electron chi connectivity index (χ0n) is 8.60. The highest BCUT2D eigenvalue weighted by atomic mass is 32.1. The van der Waals surface area contributed by atoms with Gasteiger partial charge in [-0.25, -0.2) is 9.78 Å². The van der Waals surface area contributed by atoms with Crippen LogP contribution in [0.25, 0.3) is 9.53 Å². The number of fused-ring (bicyclic) bond motifs is 1. The van der Waals surface area contributed by atoms with Gasteiger partial charge < -0.3 is 9.64 Å². The first kappa shape index (κ1) is 10.4. The standard InChI is InChI=1S/C9H10N2O2S2/c1-11(2)9-10-7-6(15-9)5(4-14-7)8(12)13-3/h4H,1-3H3. The molecule has 2 aromatic rings. The Morgan fingerprint density at radius 2 is 2.27 bits per heavy atom. The molecule has 0 aliphatic carbocycles. The smallest absolute Gasteiger partial charge is 0.340 e. The Morgan fingerprint density at radius 3 is 2.87 bits per heavy atom. The molecule has 2 heterocycles. The average molecular weight is 242 g/mol. The minimum atomic E-state index is -0.296. The molecule has 0 radical (unpaired) electrons. The van der Waals surface area contributed by atoms with Gasteiger partial charge in [0.2, 0.25) is 0 Å². The zero-order chi connectivity index (χ0) is 11.0. The van der Waals surface area contributed by atoms with Crippen LogP contribution in [0.5, 0.6) is 0 Å². The highest BCUT2D eigenvalue weighted by molar-refractivity contribution is 7.28. The van der Waals surface area contributed by atoms with Gasteiger partial charge in [-0.2, -0.15) is 0 Å². The Balaban J connectivity index is 2.54. The average Bonchev–Trinajstić information content (AvgIpc) is 2.74. The summed E-state index contributed by atoms with van der Waals surface area (Å²) in [7, 11) is 5.25. The number of methoxy groups -OCH3 is 1. The van der Waals surface area contributed by atoms with Crippen molar-refractivity contribution in [3.8, 4) is 0 Å². The molecular formula is C9H10N2O2S2. The first-order valence-corrected chi connectivity index (χ1v) is 5.96. The molecule has 4 nitrogen and oxygen atoms in total. The summed E-state index contributed by atoms with van der Waals surface area (Å²) in [5.41, 5.74) is 0.614. The van der Waals surface area contributed by atoms with E-state index in [2.05, 4.69) is 4.98 Å². The minimum Gasteiger partial charge on any atom is -0.465 e. The molecule has 0 N–H and O–H groups in total. The molecule has 6 heteroatoms. The van der Waals surface area contributed by atoms with E-state index >= 15 is 0 Å². The number of aromatic nitrogens is 1. The van der Waals surface area contributed by atoms with Gasteiger partial charge in [0, 0.05) is 19.5 Å². The van der Waals surface area contributed by atoms with E-state index in [1.54, 1.807) is 5.38 Å². The van der Waals surface area contributed by atoms with Gasteiger partial charge in [0.25, 0.3) is 0 Å². The highest BCUT2D eigenvalue weighted by Crippen LogP contribution is 2.34. The summed E-state index contributed by atoms with van der Waals surface area (Å²) in [6, 6.07) is 0. The van der Waals surface area contributed by atoms with Crippen LogP contribution in [0.3, 0.4) is 0 Å². The number of hydrogen-bond donors (Lipinski definition) is 0. The lowest BCUT2D eigenvalue weighted by Crippen LogP contribution is -2.07. The van der Waals surface area contributed by atoms with Crippen LogP contribution in [0, 0.1) is 0 Å². The summed E-state index contributed by atoms with van der Waals surface area (Å²) in [6.45, 7) is 0. The molecule has 0 saturated heterocycles. The molecular weight excluding hydrogens is 232 g/mol. The summed E-state index contributed by atoms with van der Waals surface area (Å²) < 4.78 is 5.62. The molecule has 0 atom stereocenters. The van der Waals surface area contributed by atoms with Crippen LogP contribution in [-0.2, 0) is 4.74 Å². The largest absolute Gasteiger partial charge is 0.465 e. The number of anilines is 1. The maximum Gasteiger partial charge on any atom is 0.340 e. The third-order valence-corrected chi connectivity index (χ3v) is 4.16. The van der Waals surface area contributed by atoms with Gasteiger partial charge in [0.05, 0.1) is 17.4 Å². The van der Waals surface area contributed by atoms with E-state index in [4.69, 9.17) is 4.74 Å². The van der Waals surface area contributed by atoms with Gasteiger partial charge >= 0.3 is 5.97 Å². The molecule has 15 heavy (non-hydrogen) atoms. The number of hydrogen-bond acceptors (Lipinski definition) is 6. The Hall–Kier alpha value is -1.14. The fourth-order valence-electron chi connectivity index (χ4n) is 1.16. The molecule has 0 aliphatic heterocycles. The van der Waals surface area contributed by atoms with Crippen LogP contribution in [0.2, 0.25) is 0 Å². The van der Waals surface area contributed by atoms with Gasteiger partial charge in [-0.15, -0.1) is 11.3 Å². The summed E-state index contributed by atoms with van der Waals surface area (Å²) in [6.07, 6.45) is 0. The summed E-state index contributed by atoms with van der Waals surface area (Å²) in [4.78, 5) is 18.6. The molecule has 0 unspecified atom stereocenters. The van der Waals surface area contributed by atoms with E-state index in [0.717, 1.165) is 14.7 Å². The van der Waals surface area contributed by atoms with Gasteiger partial charge in [-0.05, 0) is 0 Å². The number of carbonyl (C=O) groups is 1. The molecule has 0 aliphatic rings. The van der Waals surface area contributed by atoms with Crippen molar-refractivity contribution in [2.24, 2.45) is 0 Å². The Bertz CT molecular complexity index is 501. The molecule has 2 rings (SSSR count). The van der Waals surface area contributed by atoms with Crippen LogP contribution >= 0.6 is 22.7 Å². The lowest BCUT2D eigenvalue weighted by atomic mass is 10.3. The zero-order valence-corrected chi connectivity index (χ0v) is 10.2. The van der Waals surface area contributed by atoms with E-state index in [0.29, 0.717) is 5.56 Å². The summed E-state index contributed by atoms with van der Waals surface area (Å²) in [5.74, 6) is -0.296. The van der Waals surface area contributed by atoms with E-state index in [-0.39, 0.29) is 5.97 Å². The predicted molar refractivity (Wildman–Crippen MR) is 63.2 cm³/mol. The topological polar surface area (TPSA) is 42.4 Å². The van der Waals surface area contributed by atoms with Crippen molar-refractivity contribution in [3.63, 3.8) is 0 Å². The van der Waals surface area contributed by atoms with E-state index in [1.165, 1.54) is 29.8 Å². The fraction of sp³-hybridized carbons (Fsp3) is 0.333. The SMILES string of the molecule is COC(=O)c1csc2nc(N(C)C)sc12. The van der Waals surface area contributed by atoms with E-state index in [1.807, 2.05) is 19.0 Å². The Labute approximate surface area is 95.1 Å². The van der Waals surface area contributed by atoms with Gasteiger partial charge in [-0.3, -0.25) is 0 Å². The monoisotopic (exact) mass is 242 g/mol. The van der Waals surface area contributed by atoms with Crippen molar-refractivity contribution in [1.82, 2.24) is 4.98 Å². The second kappa shape index (κ2) is 3.79. The van der Waals surface area contributed by atoms with Crippen molar-refractivity contribution < 1.29 is 9.53 Å². The normalized spacial score (nSPS) is 10.6. The number of thiazole rings is 1. The molecule has 0 spiro atoms.